The maximum absolute atomic E-state index is 6.40. The fourth-order valence-electron chi connectivity index (χ4n) is 3.09. The molecule has 94 valence electrons. The molecule has 1 fully saturated rings. The molecule has 3 rings (SSSR count). The maximum Gasteiger partial charge on any atom is 0.0645 e. The van der Waals surface area contributed by atoms with E-state index >= 15 is 0 Å². The summed E-state index contributed by atoms with van der Waals surface area (Å²) in [5.74, 6) is 0. The summed E-state index contributed by atoms with van der Waals surface area (Å²) in [6, 6.07) is 5.50. The minimum atomic E-state index is 0. The van der Waals surface area contributed by atoms with E-state index in [9.17, 15) is 0 Å². The zero-order valence-electron chi connectivity index (χ0n) is 10.2. The third-order valence-electron chi connectivity index (χ3n) is 3.69. The van der Waals surface area contributed by atoms with Crippen LogP contribution in [0, 0.1) is 6.92 Å². The standard InChI is InChI=1S/C13H17ClN2.ClH/c1-8-3-10-5-11-7-15-6-9(2)16(11)13(10)12(14)4-8;/h3-4,9,11,15H,5-7H2,1-2H3;1H. The summed E-state index contributed by atoms with van der Waals surface area (Å²) in [5.41, 5.74) is 3.97. The number of hydrogen-bond acceptors (Lipinski definition) is 2. The average Bonchev–Trinajstić information content (AvgIpc) is 2.56. The van der Waals surface area contributed by atoms with Gasteiger partial charge in [0.05, 0.1) is 10.7 Å². The number of anilines is 1. The number of halogens is 2. The lowest BCUT2D eigenvalue weighted by Gasteiger charge is -2.38. The van der Waals surface area contributed by atoms with Crippen molar-refractivity contribution in [2.24, 2.45) is 0 Å². The van der Waals surface area contributed by atoms with E-state index in [2.05, 4.69) is 36.2 Å². The number of nitrogens with one attached hydrogen (secondary N) is 1. The molecule has 2 unspecified atom stereocenters. The highest BCUT2D eigenvalue weighted by Crippen LogP contribution is 2.40. The van der Waals surface area contributed by atoms with Gasteiger partial charge in [-0.05, 0) is 37.5 Å². The molecule has 1 saturated heterocycles. The Hall–Kier alpha value is -0.440. The summed E-state index contributed by atoms with van der Waals surface area (Å²) < 4.78 is 0. The third-order valence-corrected chi connectivity index (χ3v) is 3.98. The minimum Gasteiger partial charge on any atom is -0.362 e. The molecule has 0 bridgehead atoms. The molecule has 2 heterocycles. The molecule has 0 spiro atoms. The SMILES string of the molecule is Cc1cc(Cl)c2c(c1)CC1CNCC(C)N21.Cl. The van der Waals surface area contributed by atoms with Crippen LogP contribution in [0.5, 0.6) is 0 Å². The Morgan fingerprint density at radius 3 is 2.88 bits per heavy atom. The van der Waals surface area contributed by atoms with Crippen LogP contribution in [0.2, 0.25) is 5.02 Å². The quantitative estimate of drug-likeness (QED) is 0.782. The highest BCUT2D eigenvalue weighted by atomic mass is 35.5. The molecule has 0 aliphatic carbocycles. The Morgan fingerprint density at radius 2 is 2.12 bits per heavy atom. The number of rotatable bonds is 0. The van der Waals surface area contributed by atoms with Crippen LogP contribution in [0.4, 0.5) is 5.69 Å². The van der Waals surface area contributed by atoms with Crippen LogP contribution >= 0.6 is 24.0 Å². The number of aryl methyl sites for hydroxylation is 1. The smallest absolute Gasteiger partial charge is 0.0645 e. The fraction of sp³-hybridized carbons (Fsp3) is 0.538. The molecule has 2 nitrogen and oxygen atoms in total. The van der Waals surface area contributed by atoms with Gasteiger partial charge in [0.1, 0.15) is 0 Å². The van der Waals surface area contributed by atoms with E-state index < -0.39 is 0 Å². The van der Waals surface area contributed by atoms with Crippen molar-refractivity contribution in [1.82, 2.24) is 5.32 Å². The molecule has 2 aliphatic rings. The van der Waals surface area contributed by atoms with Gasteiger partial charge in [0.25, 0.3) is 0 Å². The van der Waals surface area contributed by atoms with Crippen LogP contribution in [0.25, 0.3) is 0 Å². The molecule has 1 aromatic carbocycles. The second kappa shape index (κ2) is 4.68. The molecule has 0 amide bonds. The number of nitrogens with zero attached hydrogens (tertiary/aromatic N) is 1. The van der Waals surface area contributed by atoms with Crippen LogP contribution in [0.3, 0.4) is 0 Å². The zero-order valence-corrected chi connectivity index (χ0v) is 11.7. The first-order valence-corrected chi connectivity index (χ1v) is 6.32. The first-order valence-electron chi connectivity index (χ1n) is 5.95. The van der Waals surface area contributed by atoms with Crippen molar-refractivity contribution in [3.05, 3.63) is 28.3 Å². The predicted octanol–water partition coefficient (Wildman–Crippen LogP) is 2.79. The van der Waals surface area contributed by atoms with Crippen molar-refractivity contribution in [2.45, 2.75) is 32.4 Å². The second-order valence-corrected chi connectivity index (χ2v) is 5.43. The lowest BCUT2D eigenvalue weighted by Crippen LogP contribution is -2.54. The monoisotopic (exact) mass is 272 g/mol. The molecule has 2 aliphatic heterocycles. The van der Waals surface area contributed by atoms with Gasteiger partial charge in [0, 0.05) is 25.2 Å². The number of piperazine rings is 1. The van der Waals surface area contributed by atoms with Crippen LogP contribution in [-0.2, 0) is 6.42 Å². The minimum absolute atomic E-state index is 0. The Labute approximate surface area is 114 Å². The molecule has 0 aromatic heterocycles. The van der Waals surface area contributed by atoms with Gasteiger partial charge in [-0.2, -0.15) is 0 Å². The third kappa shape index (κ3) is 2.03. The van der Waals surface area contributed by atoms with Crippen LogP contribution in [-0.4, -0.2) is 25.2 Å². The number of hydrogen-bond donors (Lipinski definition) is 1. The largest absolute Gasteiger partial charge is 0.362 e. The highest BCUT2D eigenvalue weighted by molar-refractivity contribution is 6.33. The molecule has 0 saturated carbocycles. The van der Waals surface area contributed by atoms with E-state index in [1.807, 2.05) is 0 Å². The van der Waals surface area contributed by atoms with Crippen molar-refractivity contribution in [1.29, 1.82) is 0 Å². The van der Waals surface area contributed by atoms with E-state index in [0.29, 0.717) is 12.1 Å². The van der Waals surface area contributed by atoms with E-state index in [1.165, 1.54) is 16.8 Å². The lowest BCUT2D eigenvalue weighted by atomic mass is 10.1. The van der Waals surface area contributed by atoms with Gasteiger partial charge < -0.3 is 10.2 Å². The van der Waals surface area contributed by atoms with Crippen LogP contribution in [0.15, 0.2) is 12.1 Å². The van der Waals surface area contributed by atoms with Crippen molar-refractivity contribution in [3.63, 3.8) is 0 Å². The number of benzene rings is 1. The summed E-state index contributed by atoms with van der Waals surface area (Å²) >= 11 is 6.40. The van der Waals surface area contributed by atoms with Gasteiger partial charge in [-0.1, -0.05) is 17.7 Å². The Morgan fingerprint density at radius 1 is 1.35 bits per heavy atom. The summed E-state index contributed by atoms with van der Waals surface area (Å²) in [5, 5.41) is 4.41. The Balaban J connectivity index is 0.00000108. The van der Waals surface area contributed by atoms with Crippen LogP contribution < -0.4 is 10.2 Å². The van der Waals surface area contributed by atoms with Gasteiger partial charge in [0.2, 0.25) is 0 Å². The highest BCUT2D eigenvalue weighted by Gasteiger charge is 2.36. The van der Waals surface area contributed by atoms with Gasteiger partial charge in [-0.3, -0.25) is 0 Å². The van der Waals surface area contributed by atoms with Crippen molar-refractivity contribution in [2.75, 3.05) is 18.0 Å². The van der Waals surface area contributed by atoms with Crippen molar-refractivity contribution >= 4 is 29.7 Å². The van der Waals surface area contributed by atoms with Crippen LogP contribution in [0.1, 0.15) is 18.1 Å². The molecule has 2 atom stereocenters. The Kier molecular flexibility index (Phi) is 3.58. The van der Waals surface area contributed by atoms with Gasteiger partial charge in [-0.15, -0.1) is 12.4 Å². The van der Waals surface area contributed by atoms with Gasteiger partial charge >= 0.3 is 0 Å². The van der Waals surface area contributed by atoms with Gasteiger partial charge in [0.15, 0.2) is 0 Å². The molecule has 17 heavy (non-hydrogen) atoms. The Bertz CT molecular complexity index is 434. The van der Waals surface area contributed by atoms with Crippen molar-refractivity contribution in [3.8, 4) is 0 Å². The van der Waals surface area contributed by atoms with E-state index in [1.54, 1.807) is 0 Å². The topological polar surface area (TPSA) is 15.3 Å². The molecular formula is C13H18Cl2N2. The molecule has 1 aromatic rings. The first-order chi connectivity index (χ1) is 7.66. The molecule has 4 heteroatoms. The molecule has 0 radical (unpaired) electrons. The average molecular weight is 273 g/mol. The van der Waals surface area contributed by atoms with E-state index in [0.717, 1.165) is 24.5 Å². The molecule has 1 N–H and O–H groups in total. The van der Waals surface area contributed by atoms with E-state index in [4.69, 9.17) is 11.6 Å². The second-order valence-electron chi connectivity index (χ2n) is 5.03. The summed E-state index contributed by atoms with van der Waals surface area (Å²) in [6.07, 6.45) is 1.13. The maximum atomic E-state index is 6.40. The fourth-order valence-corrected chi connectivity index (χ4v) is 3.49. The number of fused-ring (bicyclic) bond motifs is 3. The lowest BCUT2D eigenvalue weighted by molar-refractivity contribution is 0.430. The zero-order chi connectivity index (χ0) is 11.3. The molecular weight excluding hydrogens is 255 g/mol. The summed E-state index contributed by atoms with van der Waals surface area (Å²) in [4.78, 5) is 2.51. The summed E-state index contributed by atoms with van der Waals surface area (Å²) in [6.45, 7) is 6.52. The van der Waals surface area contributed by atoms with E-state index in [-0.39, 0.29) is 12.4 Å². The predicted molar refractivity (Wildman–Crippen MR) is 75.7 cm³/mol. The van der Waals surface area contributed by atoms with Gasteiger partial charge in [-0.25, -0.2) is 0 Å². The summed E-state index contributed by atoms with van der Waals surface area (Å²) in [7, 11) is 0. The first kappa shape index (κ1) is 13.0. The van der Waals surface area contributed by atoms with Crippen molar-refractivity contribution < 1.29 is 0 Å². The normalized spacial score (nSPS) is 26.2.